The maximum atomic E-state index is 7.81. The van der Waals surface area contributed by atoms with Crippen molar-refractivity contribution < 1.29 is 0 Å². The summed E-state index contributed by atoms with van der Waals surface area (Å²) in [5.41, 5.74) is 2.39. The average Bonchev–Trinajstić information content (AvgIpc) is 2.98. The molecule has 0 spiro atoms. The standard InChI is InChI=1S/C12H14N2/c1-9-5-3-4-6-10(9)12(7-8-12)11(13)14-2/h3-6,13H,2,7-8H2,1H3. The first-order valence-electron chi connectivity index (χ1n) is 4.82. The molecule has 72 valence electrons. The van der Waals surface area contributed by atoms with Gasteiger partial charge < -0.3 is 0 Å². The predicted octanol–water partition coefficient (Wildman–Crippen LogP) is 2.70. The van der Waals surface area contributed by atoms with Gasteiger partial charge in [-0.05, 0) is 37.6 Å². The first kappa shape index (κ1) is 9.13. The van der Waals surface area contributed by atoms with Crippen LogP contribution in [0.15, 0.2) is 29.3 Å². The van der Waals surface area contributed by atoms with Crippen molar-refractivity contribution in [1.29, 1.82) is 5.41 Å². The zero-order chi connectivity index (χ0) is 10.2. The van der Waals surface area contributed by atoms with E-state index in [1.165, 1.54) is 11.1 Å². The van der Waals surface area contributed by atoms with Gasteiger partial charge in [0.1, 0.15) is 5.84 Å². The number of hydrogen-bond acceptors (Lipinski definition) is 1. The van der Waals surface area contributed by atoms with Crippen molar-refractivity contribution in [2.24, 2.45) is 4.99 Å². The van der Waals surface area contributed by atoms with E-state index in [4.69, 9.17) is 5.41 Å². The van der Waals surface area contributed by atoms with Gasteiger partial charge in [0.25, 0.3) is 0 Å². The molecule has 2 heteroatoms. The lowest BCUT2D eigenvalue weighted by molar-refractivity contribution is 0.911. The van der Waals surface area contributed by atoms with Crippen LogP contribution in [0.2, 0.25) is 0 Å². The number of aryl methyl sites for hydroxylation is 1. The Hall–Kier alpha value is -1.44. The monoisotopic (exact) mass is 186 g/mol. The number of aliphatic imine (C=N–C) groups is 1. The van der Waals surface area contributed by atoms with Gasteiger partial charge in [0, 0.05) is 0 Å². The first-order valence-corrected chi connectivity index (χ1v) is 4.82. The summed E-state index contributed by atoms with van der Waals surface area (Å²) in [5.74, 6) is 0.423. The maximum Gasteiger partial charge on any atom is 0.130 e. The molecule has 0 aliphatic heterocycles. The molecule has 0 unspecified atom stereocenters. The molecule has 0 saturated heterocycles. The van der Waals surface area contributed by atoms with Gasteiger partial charge in [0.15, 0.2) is 0 Å². The highest BCUT2D eigenvalue weighted by Gasteiger charge is 2.49. The summed E-state index contributed by atoms with van der Waals surface area (Å²) in [6.07, 6.45) is 2.07. The van der Waals surface area contributed by atoms with E-state index in [-0.39, 0.29) is 5.41 Å². The quantitative estimate of drug-likeness (QED) is 0.544. The van der Waals surface area contributed by atoms with E-state index in [1.54, 1.807) is 0 Å². The molecule has 1 aliphatic carbocycles. The van der Waals surface area contributed by atoms with E-state index in [0.717, 1.165) is 12.8 Å². The van der Waals surface area contributed by atoms with Crippen molar-refractivity contribution in [2.45, 2.75) is 25.2 Å². The first-order chi connectivity index (χ1) is 6.70. The van der Waals surface area contributed by atoms with Gasteiger partial charge >= 0.3 is 0 Å². The molecule has 1 fully saturated rings. The number of rotatable bonds is 2. The number of nitrogens with zero attached hydrogens (tertiary/aromatic N) is 1. The van der Waals surface area contributed by atoms with E-state index in [1.807, 2.05) is 12.1 Å². The Balaban J connectivity index is 2.45. The van der Waals surface area contributed by atoms with Gasteiger partial charge in [0.05, 0.1) is 5.41 Å². The molecule has 1 aromatic rings. The van der Waals surface area contributed by atoms with Crippen LogP contribution < -0.4 is 0 Å². The fourth-order valence-electron chi connectivity index (χ4n) is 2.02. The van der Waals surface area contributed by atoms with Crippen LogP contribution in [-0.2, 0) is 5.41 Å². The molecule has 2 rings (SSSR count). The summed E-state index contributed by atoms with van der Waals surface area (Å²) in [4.78, 5) is 3.77. The lowest BCUT2D eigenvalue weighted by Gasteiger charge is -2.15. The van der Waals surface area contributed by atoms with Crippen LogP contribution >= 0.6 is 0 Å². The van der Waals surface area contributed by atoms with Gasteiger partial charge in [-0.1, -0.05) is 24.3 Å². The van der Waals surface area contributed by atoms with Gasteiger partial charge in [-0.25, -0.2) is 4.99 Å². The van der Waals surface area contributed by atoms with Gasteiger partial charge in [0.2, 0.25) is 0 Å². The van der Waals surface area contributed by atoms with E-state index in [2.05, 4.69) is 30.8 Å². The minimum absolute atomic E-state index is 0.104. The minimum Gasteiger partial charge on any atom is -0.286 e. The van der Waals surface area contributed by atoms with Crippen molar-refractivity contribution in [2.75, 3.05) is 0 Å². The smallest absolute Gasteiger partial charge is 0.130 e. The van der Waals surface area contributed by atoms with E-state index >= 15 is 0 Å². The van der Waals surface area contributed by atoms with Crippen molar-refractivity contribution in [3.05, 3.63) is 35.4 Å². The second-order valence-electron chi connectivity index (χ2n) is 3.90. The van der Waals surface area contributed by atoms with Crippen LogP contribution in [-0.4, -0.2) is 12.6 Å². The van der Waals surface area contributed by atoms with Crippen molar-refractivity contribution in [3.63, 3.8) is 0 Å². The van der Waals surface area contributed by atoms with Crippen LogP contribution in [0.25, 0.3) is 0 Å². The number of hydrogen-bond donors (Lipinski definition) is 1. The summed E-state index contributed by atoms with van der Waals surface area (Å²) >= 11 is 0. The fraction of sp³-hybridized carbons (Fsp3) is 0.333. The van der Waals surface area contributed by atoms with Crippen LogP contribution in [0, 0.1) is 12.3 Å². The summed E-state index contributed by atoms with van der Waals surface area (Å²) in [5, 5.41) is 7.81. The molecule has 0 radical (unpaired) electrons. The topological polar surface area (TPSA) is 36.2 Å². The highest BCUT2D eigenvalue weighted by atomic mass is 14.9. The Morgan fingerprint density at radius 1 is 1.43 bits per heavy atom. The van der Waals surface area contributed by atoms with Gasteiger partial charge in [-0.2, -0.15) is 0 Å². The normalized spacial score (nSPS) is 17.5. The third-order valence-corrected chi connectivity index (χ3v) is 3.02. The summed E-state index contributed by atoms with van der Waals surface area (Å²) in [6.45, 7) is 5.54. The molecule has 1 saturated carbocycles. The zero-order valence-electron chi connectivity index (χ0n) is 8.38. The maximum absolute atomic E-state index is 7.81. The zero-order valence-corrected chi connectivity index (χ0v) is 8.38. The lowest BCUT2D eigenvalue weighted by Crippen LogP contribution is -2.18. The fourth-order valence-corrected chi connectivity index (χ4v) is 2.02. The van der Waals surface area contributed by atoms with Gasteiger partial charge in [-0.3, -0.25) is 5.41 Å². The molecule has 14 heavy (non-hydrogen) atoms. The van der Waals surface area contributed by atoms with Crippen molar-refractivity contribution in [1.82, 2.24) is 0 Å². The number of benzene rings is 1. The Kier molecular flexibility index (Phi) is 1.99. The summed E-state index contributed by atoms with van der Waals surface area (Å²) < 4.78 is 0. The molecular formula is C12H14N2. The molecule has 1 aliphatic rings. The third kappa shape index (κ3) is 1.18. The Bertz CT molecular complexity index is 389. The summed E-state index contributed by atoms with van der Waals surface area (Å²) in [6, 6.07) is 8.24. The number of amidine groups is 1. The molecule has 2 nitrogen and oxygen atoms in total. The van der Waals surface area contributed by atoms with E-state index in [9.17, 15) is 0 Å². The van der Waals surface area contributed by atoms with E-state index in [0.29, 0.717) is 5.84 Å². The van der Waals surface area contributed by atoms with Crippen LogP contribution in [0.1, 0.15) is 24.0 Å². The minimum atomic E-state index is -0.104. The molecule has 0 amide bonds. The molecule has 0 aromatic heterocycles. The Morgan fingerprint density at radius 2 is 2.07 bits per heavy atom. The van der Waals surface area contributed by atoms with Crippen LogP contribution in [0.3, 0.4) is 0 Å². The second kappa shape index (κ2) is 3.05. The largest absolute Gasteiger partial charge is 0.286 e. The molecular weight excluding hydrogens is 172 g/mol. The molecule has 0 atom stereocenters. The third-order valence-electron chi connectivity index (χ3n) is 3.02. The van der Waals surface area contributed by atoms with Crippen molar-refractivity contribution in [3.8, 4) is 0 Å². The van der Waals surface area contributed by atoms with Crippen LogP contribution in [0.5, 0.6) is 0 Å². The average molecular weight is 186 g/mol. The van der Waals surface area contributed by atoms with Crippen molar-refractivity contribution >= 4 is 12.6 Å². The number of nitrogens with one attached hydrogen (secondary N) is 1. The Labute approximate surface area is 84.2 Å². The molecule has 0 bridgehead atoms. The van der Waals surface area contributed by atoms with Crippen LogP contribution in [0.4, 0.5) is 0 Å². The van der Waals surface area contributed by atoms with Gasteiger partial charge in [-0.15, -0.1) is 0 Å². The molecule has 1 N–H and O–H groups in total. The second-order valence-corrected chi connectivity index (χ2v) is 3.90. The predicted molar refractivity (Wildman–Crippen MR) is 59.4 cm³/mol. The highest BCUT2D eigenvalue weighted by Crippen LogP contribution is 2.50. The Morgan fingerprint density at radius 3 is 2.57 bits per heavy atom. The SMILES string of the molecule is C=NC(=N)C1(c2ccccc2C)CC1. The molecule has 1 aromatic carbocycles. The highest BCUT2D eigenvalue weighted by molar-refractivity contribution is 5.96. The van der Waals surface area contributed by atoms with E-state index < -0.39 is 0 Å². The molecule has 0 heterocycles. The lowest BCUT2D eigenvalue weighted by atomic mass is 9.91. The summed E-state index contributed by atoms with van der Waals surface area (Å²) in [7, 11) is 0.